The molecule has 0 amide bonds. The van der Waals surface area contributed by atoms with E-state index in [1.165, 1.54) is 26.0 Å². The lowest BCUT2D eigenvalue weighted by Crippen LogP contribution is -2.38. The fourth-order valence-corrected chi connectivity index (χ4v) is 3.09. The van der Waals surface area contributed by atoms with Gasteiger partial charge < -0.3 is 14.4 Å². The van der Waals surface area contributed by atoms with Crippen molar-refractivity contribution >= 4 is 5.97 Å². The number of aromatic nitrogens is 2. The summed E-state index contributed by atoms with van der Waals surface area (Å²) in [5.74, 6) is -0.0226. The molecule has 0 bridgehead atoms. The number of nitrogens with zero attached hydrogens (tertiary/aromatic N) is 3. The third-order valence-corrected chi connectivity index (χ3v) is 4.92. The third-order valence-electron chi connectivity index (χ3n) is 4.92. The molecule has 0 aliphatic heterocycles. The van der Waals surface area contributed by atoms with E-state index < -0.39 is 23.3 Å². The molecule has 7 nitrogen and oxygen atoms in total. The maximum absolute atomic E-state index is 12.7. The van der Waals surface area contributed by atoms with E-state index >= 15 is 0 Å². The van der Waals surface area contributed by atoms with E-state index in [2.05, 4.69) is 10.1 Å². The summed E-state index contributed by atoms with van der Waals surface area (Å²) in [6.45, 7) is 5.68. The molecule has 0 saturated heterocycles. The van der Waals surface area contributed by atoms with Gasteiger partial charge >= 0.3 is 12.1 Å². The first kappa shape index (κ1) is 24.2. The molecule has 0 aliphatic carbocycles. The van der Waals surface area contributed by atoms with Gasteiger partial charge in [-0.2, -0.15) is 18.2 Å². The molecule has 2 aromatic carbocycles. The van der Waals surface area contributed by atoms with Crippen molar-refractivity contribution in [2.75, 3.05) is 7.05 Å². The predicted molar refractivity (Wildman–Crippen MR) is 113 cm³/mol. The quantitative estimate of drug-likeness (QED) is 0.506. The molecule has 0 radical (unpaired) electrons. The Hall–Kier alpha value is -3.40. The molecule has 0 spiro atoms. The Morgan fingerprint density at radius 1 is 1.12 bits per heavy atom. The van der Waals surface area contributed by atoms with Crippen LogP contribution in [0.5, 0.6) is 5.75 Å². The summed E-state index contributed by atoms with van der Waals surface area (Å²) in [4.78, 5) is 17.5. The number of carboxylic acid groups (broad SMARTS) is 1. The van der Waals surface area contributed by atoms with Gasteiger partial charge in [0.05, 0.1) is 12.1 Å². The van der Waals surface area contributed by atoms with Crippen molar-refractivity contribution in [1.82, 2.24) is 15.0 Å². The molecule has 0 atom stereocenters. The van der Waals surface area contributed by atoms with E-state index in [1.54, 1.807) is 6.07 Å². The Morgan fingerprint density at radius 2 is 1.79 bits per heavy atom. The van der Waals surface area contributed by atoms with Crippen LogP contribution in [0.25, 0.3) is 11.4 Å². The van der Waals surface area contributed by atoms with Gasteiger partial charge in [-0.25, -0.2) is 4.79 Å². The summed E-state index contributed by atoms with van der Waals surface area (Å²) < 4.78 is 49.0. The minimum atomic E-state index is -4.40. The minimum Gasteiger partial charge on any atom is -0.478 e. The summed E-state index contributed by atoms with van der Waals surface area (Å²) in [5.41, 5.74) is 0.117. The molecule has 0 unspecified atom stereocenters. The van der Waals surface area contributed by atoms with Gasteiger partial charge in [-0.15, -0.1) is 0 Å². The second-order valence-corrected chi connectivity index (χ2v) is 8.28. The van der Waals surface area contributed by atoms with Crippen LogP contribution in [0.3, 0.4) is 0 Å². The molecule has 1 heterocycles. The first-order valence-electron chi connectivity index (χ1n) is 10.1. The number of hydrogen-bond donors (Lipinski definition) is 1. The highest BCUT2D eigenvalue weighted by Gasteiger charge is 2.31. The molecule has 0 aliphatic rings. The highest BCUT2D eigenvalue weighted by molar-refractivity contribution is 5.76. The SMILES string of the molecule is Cc1cc(CN(C)Cc2nc(-c3ccc(C(F)(F)F)cc3)no2)ccc1OC(C)(C)C(=O)O. The topological polar surface area (TPSA) is 88.7 Å². The molecule has 0 saturated carbocycles. The van der Waals surface area contributed by atoms with Crippen LogP contribution in [0.4, 0.5) is 13.2 Å². The zero-order valence-corrected chi connectivity index (χ0v) is 18.6. The van der Waals surface area contributed by atoms with E-state index in [9.17, 15) is 23.1 Å². The van der Waals surface area contributed by atoms with Crippen molar-refractivity contribution in [1.29, 1.82) is 0 Å². The van der Waals surface area contributed by atoms with E-state index in [0.29, 0.717) is 30.3 Å². The minimum absolute atomic E-state index is 0.213. The van der Waals surface area contributed by atoms with Gasteiger partial charge in [-0.05, 0) is 57.1 Å². The van der Waals surface area contributed by atoms with Crippen molar-refractivity contribution in [3.05, 3.63) is 65.0 Å². The van der Waals surface area contributed by atoms with Crippen LogP contribution < -0.4 is 4.74 Å². The normalized spacial score (nSPS) is 12.2. The number of rotatable bonds is 8. The number of carbonyl (C=O) groups is 1. The fourth-order valence-electron chi connectivity index (χ4n) is 3.09. The number of benzene rings is 2. The Morgan fingerprint density at radius 3 is 2.36 bits per heavy atom. The Balaban J connectivity index is 1.62. The van der Waals surface area contributed by atoms with Gasteiger partial charge in [-0.3, -0.25) is 4.90 Å². The highest BCUT2D eigenvalue weighted by Crippen LogP contribution is 2.30. The Labute approximate surface area is 188 Å². The summed E-state index contributed by atoms with van der Waals surface area (Å²) in [7, 11) is 1.86. The Bertz CT molecular complexity index is 1120. The number of aryl methyl sites for hydroxylation is 1. The molecule has 10 heteroatoms. The lowest BCUT2D eigenvalue weighted by molar-refractivity contribution is -0.152. The average Bonchev–Trinajstić information content (AvgIpc) is 3.17. The highest BCUT2D eigenvalue weighted by atomic mass is 19.4. The second kappa shape index (κ2) is 9.22. The monoisotopic (exact) mass is 463 g/mol. The molecule has 33 heavy (non-hydrogen) atoms. The Kier molecular flexibility index (Phi) is 6.78. The van der Waals surface area contributed by atoms with E-state index in [0.717, 1.165) is 23.3 Å². The van der Waals surface area contributed by atoms with Gasteiger partial charge in [0.15, 0.2) is 5.60 Å². The number of halogens is 3. The zero-order chi connectivity index (χ0) is 24.4. The molecule has 0 fully saturated rings. The molecule has 176 valence electrons. The molecule has 3 aromatic rings. The summed E-state index contributed by atoms with van der Waals surface area (Å²) in [6, 6.07) is 10.1. The summed E-state index contributed by atoms with van der Waals surface area (Å²) >= 11 is 0. The van der Waals surface area contributed by atoms with E-state index in [1.807, 2.05) is 31.0 Å². The van der Waals surface area contributed by atoms with Gasteiger partial charge in [0, 0.05) is 12.1 Å². The number of ether oxygens (including phenoxy) is 1. The number of hydrogen-bond acceptors (Lipinski definition) is 6. The average molecular weight is 463 g/mol. The van der Waals surface area contributed by atoms with Gasteiger partial charge in [0.1, 0.15) is 5.75 Å². The fraction of sp³-hybridized carbons (Fsp3) is 0.348. The summed E-state index contributed by atoms with van der Waals surface area (Å²) in [5, 5.41) is 13.1. The second-order valence-electron chi connectivity index (χ2n) is 8.28. The zero-order valence-electron chi connectivity index (χ0n) is 18.6. The van der Waals surface area contributed by atoms with Crippen LogP contribution >= 0.6 is 0 Å². The van der Waals surface area contributed by atoms with Crippen LogP contribution in [0.2, 0.25) is 0 Å². The van der Waals surface area contributed by atoms with Gasteiger partial charge in [-0.1, -0.05) is 29.4 Å². The number of aliphatic carboxylic acids is 1. The standard InChI is InChI=1S/C23H24F3N3O4/c1-14-11-15(5-10-18(14)32-22(2,3)21(30)31)12-29(4)13-19-27-20(28-33-19)16-6-8-17(9-7-16)23(24,25)26/h5-11H,12-13H2,1-4H3,(H,30,31). The lowest BCUT2D eigenvalue weighted by Gasteiger charge is -2.23. The smallest absolute Gasteiger partial charge is 0.416 e. The summed E-state index contributed by atoms with van der Waals surface area (Å²) in [6.07, 6.45) is -4.40. The third kappa shape index (κ3) is 6.10. The van der Waals surface area contributed by atoms with Crippen LogP contribution in [0.15, 0.2) is 47.0 Å². The van der Waals surface area contributed by atoms with Crippen molar-refractivity contribution in [3.63, 3.8) is 0 Å². The number of carboxylic acids is 1. The van der Waals surface area contributed by atoms with Crippen LogP contribution in [-0.2, 0) is 24.1 Å². The van der Waals surface area contributed by atoms with Crippen LogP contribution in [-0.4, -0.2) is 38.8 Å². The van der Waals surface area contributed by atoms with Crippen LogP contribution in [0, 0.1) is 6.92 Å². The van der Waals surface area contributed by atoms with Crippen molar-refractivity contribution < 1.29 is 32.3 Å². The first-order chi connectivity index (χ1) is 15.3. The van der Waals surface area contributed by atoms with E-state index in [-0.39, 0.29) is 5.82 Å². The largest absolute Gasteiger partial charge is 0.478 e. The molecular formula is C23H24F3N3O4. The molecular weight excluding hydrogens is 439 g/mol. The molecule has 1 N–H and O–H groups in total. The maximum atomic E-state index is 12.7. The van der Waals surface area contributed by atoms with Crippen molar-refractivity contribution in [2.45, 2.75) is 45.6 Å². The van der Waals surface area contributed by atoms with Gasteiger partial charge in [0.2, 0.25) is 11.7 Å². The van der Waals surface area contributed by atoms with Crippen LogP contribution in [0.1, 0.15) is 36.4 Å². The molecule has 3 rings (SSSR count). The maximum Gasteiger partial charge on any atom is 0.416 e. The van der Waals surface area contributed by atoms with Crippen molar-refractivity contribution in [2.24, 2.45) is 0 Å². The lowest BCUT2D eigenvalue weighted by atomic mass is 10.1. The predicted octanol–water partition coefficient (Wildman–Crippen LogP) is 4.94. The number of alkyl halides is 3. The molecule has 1 aromatic heterocycles. The first-order valence-corrected chi connectivity index (χ1v) is 10.1. The van der Waals surface area contributed by atoms with E-state index in [4.69, 9.17) is 9.26 Å². The van der Waals surface area contributed by atoms with Crippen molar-refractivity contribution in [3.8, 4) is 17.1 Å². The van der Waals surface area contributed by atoms with Gasteiger partial charge in [0.25, 0.3) is 0 Å².